The first-order valence-corrected chi connectivity index (χ1v) is 10.4. The summed E-state index contributed by atoms with van der Waals surface area (Å²) in [7, 11) is 2.12. The molecule has 0 saturated heterocycles. The van der Waals surface area contributed by atoms with Crippen LogP contribution in [0.3, 0.4) is 0 Å². The zero-order chi connectivity index (χ0) is 19.5. The largest absolute Gasteiger partial charge is 0.346 e. The third-order valence-corrected chi connectivity index (χ3v) is 6.16. The minimum absolute atomic E-state index is 0. The van der Waals surface area contributed by atoms with E-state index in [9.17, 15) is 4.79 Å². The SMILES string of the molecule is Cc1ccc(CNC(=O)c2nnc(CN(C)C3CCc4ccccc43)s2)cc1.Cl. The summed E-state index contributed by atoms with van der Waals surface area (Å²) in [5, 5.41) is 12.5. The van der Waals surface area contributed by atoms with Crippen molar-refractivity contribution in [2.24, 2.45) is 0 Å². The number of hydrogen-bond acceptors (Lipinski definition) is 5. The van der Waals surface area contributed by atoms with E-state index < -0.39 is 0 Å². The maximum absolute atomic E-state index is 12.4. The van der Waals surface area contributed by atoms with Gasteiger partial charge in [0.1, 0.15) is 5.01 Å². The van der Waals surface area contributed by atoms with Gasteiger partial charge in [-0.3, -0.25) is 9.69 Å². The number of carbonyl (C=O) groups excluding carboxylic acids is 1. The van der Waals surface area contributed by atoms with Crippen LogP contribution in [0, 0.1) is 6.92 Å². The van der Waals surface area contributed by atoms with Crippen LogP contribution in [-0.2, 0) is 19.5 Å². The number of carbonyl (C=O) groups is 1. The van der Waals surface area contributed by atoms with Crippen molar-refractivity contribution in [1.82, 2.24) is 20.4 Å². The van der Waals surface area contributed by atoms with Gasteiger partial charge in [-0.25, -0.2) is 0 Å². The van der Waals surface area contributed by atoms with E-state index in [1.807, 2.05) is 31.2 Å². The molecular weight excluding hydrogens is 404 g/mol. The Kier molecular flexibility index (Phi) is 7.00. The molecule has 1 aliphatic rings. The summed E-state index contributed by atoms with van der Waals surface area (Å²) in [4.78, 5) is 14.7. The second-order valence-corrected chi connectivity index (χ2v) is 8.40. The zero-order valence-electron chi connectivity index (χ0n) is 16.6. The van der Waals surface area contributed by atoms with Gasteiger partial charge in [-0.05, 0) is 43.5 Å². The predicted molar refractivity (Wildman–Crippen MR) is 118 cm³/mol. The number of aromatic nitrogens is 2. The highest BCUT2D eigenvalue weighted by molar-refractivity contribution is 7.13. The first kappa shape index (κ1) is 21.4. The first-order chi connectivity index (χ1) is 13.6. The Bertz CT molecular complexity index is 973. The van der Waals surface area contributed by atoms with Crippen LogP contribution >= 0.6 is 23.7 Å². The third kappa shape index (κ3) is 5.01. The molecule has 3 aromatic rings. The first-order valence-electron chi connectivity index (χ1n) is 9.54. The van der Waals surface area contributed by atoms with Gasteiger partial charge in [0.15, 0.2) is 0 Å². The highest BCUT2D eigenvalue weighted by atomic mass is 35.5. The van der Waals surface area contributed by atoms with Crippen molar-refractivity contribution in [3.63, 3.8) is 0 Å². The van der Waals surface area contributed by atoms with E-state index in [-0.39, 0.29) is 18.3 Å². The molecule has 1 N–H and O–H groups in total. The van der Waals surface area contributed by atoms with Crippen LogP contribution in [-0.4, -0.2) is 28.1 Å². The van der Waals surface area contributed by atoms with Gasteiger partial charge in [-0.1, -0.05) is 65.4 Å². The van der Waals surface area contributed by atoms with Crippen LogP contribution in [0.25, 0.3) is 0 Å². The van der Waals surface area contributed by atoms with E-state index in [1.165, 1.54) is 28.0 Å². The molecule has 1 atom stereocenters. The van der Waals surface area contributed by atoms with Crippen LogP contribution in [0.1, 0.15) is 49.5 Å². The molecule has 29 heavy (non-hydrogen) atoms. The summed E-state index contributed by atoms with van der Waals surface area (Å²) in [5.74, 6) is -0.168. The average Bonchev–Trinajstić information content (AvgIpc) is 3.34. The number of aryl methyl sites for hydroxylation is 2. The van der Waals surface area contributed by atoms with E-state index in [2.05, 4.69) is 51.7 Å². The lowest BCUT2D eigenvalue weighted by Crippen LogP contribution is -2.22. The summed E-state index contributed by atoms with van der Waals surface area (Å²) in [6.07, 6.45) is 2.24. The second-order valence-electron chi connectivity index (χ2n) is 7.34. The van der Waals surface area contributed by atoms with Crippen molar-refractivity contribution in [3.8, 4) is 0 Å². The minimum Gasteiger partial charge on any atom is -0.346 e. The van der Waals surface area contributed by atoms with Crippen LogP contribution in [0.15, 0.2) is 48.5 Å². The number of nitrogens with one attached hydrogen (secondary N) is 1. The third-order valence-electron chi connectivity index (χ3n) is 5.25. The standard InChI is InChI=1S/C22H24N4OS.ClH/c1-15-7-9-16(10-8-15)13-23-21(27)22-25-24-20(28-22)14-26(2)19-12-11-17-5-3-4-6-18(17)19;/h3-10,19H,11-14H2,1-2H3,(H,23,27);1H. The van der Waals surface area contributed by atoms with Crippen LogP contribution in [0.5, 0.6) is 0 Å². The molecule has 1 heterocycles. The fourth-order valence-corrected chi connectivity index (χ4v) is 4.51. The highest BCUT2D eigenvalue weighted by Crippen LogP contribution is 2.35. The number of halogens is 1. The number of hydrogen-bond donors (Lipinski definition) is 1. The molecule has 0 saturated carbocycles. The van der Waals surface area contributed by atoms with E-state index >= 15 is 0 Å². The molecule has 152 valence electrons. The summed E-state index contributed by atoms with van der Waals surface area (Å²) in [5.41, 5.74) is 5.12. The minimum atomic E-state index is -0.168. The summed E-state index contributed by atoms with van der Waals surface area (Å²) in [6.45, 7) is 3.24. The number of rotatable bonds is 6. The molecular formula is C22H25ClN4OS. The fraction of sp³-hybridized carbons (Fsp3) is 0.318. The molecule has 0 radical (unpaired) electrons. The number of fused-ring (bicyclic) bond motifs is 1. The van der Waals surface area contributed by atoms with Gasteiger partial charge in [-0.15, -0.1) is 22.6 Å². The molecule has 1 aliphatic carbocycles. The lowest BCUT2D eigenvalue weighted by Gasteiger charge is -2.23. The van der Waals surface area contributed by atoms with E-state index in [0.29, 0.717) is 24.1 Å². The van der Waals surface area contributed by atoms with Crippen molar-refractivity contribution in [1.29, 1.82) is 0 Å². The Balaban J connectivity index is 0.00000240. The van der Waals surface area contributed by atoms with Gasteiger partial charge in [0, 0.05) is 12.6 Å². The van der Waals surface area contributed by atoms with Gasteiger partial charge in [-0.2, -0.15) is 0 Å². The molecule has 0 spiro atoms. The molecule has 1 unspecified atom stereocenters. The Morgan fingerprint density at radius 1 is 1.17 bits per heavy atom. The summed E-state index contributed by atoms with van der Waals surface area (Å²) >= 11 is 1.37. The molecule has 0 bridgehead atoms. The molecule has 0 aliphatic heterocycles. The second kappa shape index (κ2) is 9.48. The quantitative estimate of drug-likeness (QED) is 0.635. The predicted octanol–water partition coefficient (Wildman–Crippen LogP) is 4.32. The average molecular weight is 429 g/mol. The monoisotopic (exact) mass is 428 g/mol. The lowest BCUT2D eigenvalue weighted by atomic mass is 10.1. The molecule has 1 aromatic heterocycles. The highest BCUT2D eigenvalue weighted by Gasteiger charge is 2.26. The normalized spacial score (nSPS) is 15.1. The van der Waals surface area contributed by atoms with E-state index in [0.717, 1.165) is 23.4 Å². The number of amides is 1. The molecule has 2 aromatic carbocycles. The number of benzene rings is 2. The van der Waals surface area contributed by atoms with Gasteiger partial charge in [0.05, 0.1) is 6.54 Å². The Morgan fingerprint density at radius 3 is 2.72 bits per heavy atom. The topological polar surface area (TPSA) is 58.1 Å². The van der Waals surface area contributed by atoms with Crippen molar-refractivity contribution in [3.05, 3.63) is 80.8 Å². The maximum Gasteiger partial charge on any atom is 0.282 e. The molecule has 5 nitrogen and oxygen atoms in total. The lowest BCUT2D eigenvalue weighted by molar-refractivity contribution is 0.0950. The van der Waals surface area contributed by atoms with Crippen LogP contribution in [0.2, 0.25) is 0 Å². The van der Waals surface area contributed by atoms with Gasteiger partial charge in [0.2, 0.25) is 5.01 Å². The maximum atomic E-state index is 12.4. The molecule has 0 fully saturated rings. The Labute approximate surface area is 181 Å². The Morgan fingerprint density at radius 2 is 1.93 bits per heavy atom. The van der Waals surface area contributed by atoms with E-state index in [1.54, 1.807) is 0 Å². The van der Waals surface area contributed by atoms with Crippen molar-refractivity contribution in [2.75, 3.05) is 7.05 Å². The zero-order valence-corrected chi connectivity index (χ0v) is 18.2. The van der Waals surface area contributed by atoms with E-state index in [4.69, 9.17) is 0 Å². The number of nitrogens with zero attached hydrogens (tertiary/aromatic N) is 3. The molecule has 4 rings (SSSR count). The van der Waals surface area contributed by atoms with Crippen LogP contribution < -0.4 is 5.32 Å². The van der Waals surface area contributed by atoms with Gasteiger partial charge >= 0.3 is 0 Å². The van der Waals surface area contributed by atoms with Gasteiger partial charge in [0.25, 0.3) is 5.91 Å². The smallest absolute Gasteiger partial charge is 0.282 e. The van der Waals surface area contributed by atoms with Crippen molar-refractivity contribution in [2.45, 2.75) is 38.9 Å². The van der Waals surface area contributed by atoms with Crippen molar-refractivity contribution < 1.29 is 4.79 Å². The fourth-order valence-electron chi connectivity index (χ4n) is 3.69. The molecule has 1 amide bonds. The Hall–Kier alpha value is -2.28. The summed E-state index contributed by atoms with van der Waals surface area (Å²) in [6, 6.07) is 17.2. The van der Waals surface area contributed by atoms with Crippen LogP contribution in [0.4, 0.5) is 0 Å². The molecule has 7 heteroatoms. The van der Waals surface area contributed by atoms with Gasteiger partial charge < -0.3 is 5.32 Å². The van der Waals surface area contributed by atoms with Crippen molar-refractivity contribution >= 4 is 29.7 Å². The summed E-state index contributed by atoms with van der Waals surface area (Å²) < 4.78 is 0.